The minimum absolute atomic E-state index is 0.0430. The second-order valence-corrected chi connectivity index (χ2v) is 12.1. The summed E-state index contributed by atoms with van der Waals surface area (Å²) in [6, 6.07) is 8.23. The maximum absolute atomic E-state index is 13.2. The van der Waals surface area contributed by atoms with Gasteiger partial charge in [0, 0.05) is 41.3 Å². The number of fused-ring (bicyclic) bond motifs is 1. The van der Waals surface area contributed by atoms with Gasteiger partial charge in [-0.2, -0.15) is 0 Å². The highest BCUT2D eigenvalue weighted by Crippen LogP contribution is 2.43. The molecule has 5 rings (SSSR count). The van der Waals surface area contributed by atoms with Crippen molar-refractivity contribution in [2.75, 3.05) is 18.1 Å². The lowest BCUT2D eigenvalue weighted by Crippen LogP contribution is -2.44. The first-order chi connectivity index (χ1) is 15.4. The molecule has 1 amide bonds. The Morgan fingerprint density at radius 2 is 2.06 bits per heavy atom. The van der Waals surface area contributed by atoms with Crippen molar-refractivity contribution in [2.45, 2.75) is 55.6 Å². The number of H-pyrrole nitrogens is 1. The van der Waals surface area contributed by atoms with E-state index in [0.717, 1.165) is 40.3 Å². The monoisotopic (exact) mass is 473 g/mol. The lowest BCUT2D eigenvalue weighted by molar-refractivity contribution is -0.131. The molecule has 2 aliphatic rings. The quantitative estimate of drug-likeness (QED) is 0.529. The van der Waals surface area contributed by atoms with Gasteiger partial charge in [-0.15, -0.1) is 10.2 Å². The Morgan fingerprint density at radius 3 is 2.75 bits per heavy atom. The number of rotatable bonds is 7. The van der Waals surface area contributed by atoms with Crippen molar-refractivity contribution in [2.24, 2.45) is 0 Å². The van der Waals surface area contributed by atoms with E-state index < -0.39 is 9.84 Å². The summed E-state index contributed by atoms with van der Waals surface area (Å²) < 4.78 is 26.0. The minimum atomic E-state index is -3.05. The highest BCUT2D eigenvalue weighted by Gasteiger charge is 2.37. The first-order valence-corrected chi connectivity index (χ1v) is 13.8. The summed E-state index contributed by atoms with van der Waals surface area (Å²) in [6.45, 7) is 4.28. The van der Waals surface area contributed by atoms with Gasteiger partial charge < -0.3 is 9.88 Å². The third kappa shape index (κ3) is 3.94. The Hall–Kier alpha value is -2.33. The predicted molar refractivity (Wildman–Crippen MR) is 125 cm³/mol. The number of nitrogens with one attached hydrogen (secondary N) is 1. The van der Waals surface area contributed by atoms with Crippen LogP contribution < -0.4 is 0 Å². The largest absolute Gasteiger partial charge is 0.360 e. The van der Waals surface area contributed by atoms with Crippen LogP contribution in [-0.2, 0) is 14.6 Å². The number of hydrogen-bond acceptors (Lipinski definition) is 6. The van der Waals surface area contributed by atoms with Gasteiger partial charge in [0.05, 0.1) is 16.8 Å². The lowest BCUT2D eigenvalue weighted by atomic mass is 10.1. The molecular formula is C22H27N5O3S2. The highest BCUT2D eigenvalue weighted by atomic mass is 32.2. The number of amides is 1. The Kier molecular flexibility index (Phi) is 5.53. The summed E-state index contributed by atoms with van der Waals surface area (Å²) in [7, 11) is -3.05. The number of para-hydroxylation sites is 1. The van der Waals surface area contributed by atoms with Gasteiger partial charge in [0.2, 0.25) is 5.91 Å². The van der Waals surface area contributed by atoms with Crippen LogP contribution in [0.2, 0.25) is 0 Å². The molecule has 2 atom stereocenters. The molecule has 3 heterocycles. The zero-order valence-electron chi connectivity index (χ0n) is 18.2. The van der Waals surface area contributed by atoms with Crippen LogP contribution in [0.15, 0.2) is 35.6 Å². The van der Waals surface area contributed by atoms with Crippen LogP contribution in [0.5, 0.6) is 0 Å². The van der Waals surface area contributed by atoms with Gasteiger partial charge in [0.25, 0.3) is 0 Å². The van der Waals surface area contributed by atoms with Crippen molar-refractivity contribution in [3.05, 3.63) is 30.5 Å². The molecule has 2 fully saturated rings. The molecule has 32 heavy (non-hydrogen) atoms. The van der Waals surface area contributed by atoms with E-state index >= 15 is 0 Å². The zero-order valence-corrected chi connectivity index (χ0v) is 19.8. The molecule has 3 aromatic rings. The van der Waals surface area contributed by atoms with Crippen LogP contribution in [0, 0.1) is 0 Å². The summed E-state index contributed by atoms with van der Waals surface area (Å²) in [4.78, 5) is 18.3. The highest BCUT2D eigenvalue weighted by molar-refractivity contribution is 8.00. The molecule has 1 saturated carbocycles. The van der Waals surface area contributed by atoms with Crippen molar-refractivity contribution >= 4 is 38.4 Å². The van der Waals surface area contributed by atoms with E-state index in [0.29, 0.717) is 19.0 Å². The second kappa shape index (κ2) is 8.22. The van der Waals surface area contributed by atoms with Gasteiger partial charge in [-0.1, -0.05) is 30.0 Å². The van der Waals surface area contributed by atoms with Gasteiger partial charge in [0.15, 0.2) is 20.8 Å². The molecule has 0 spiro atoms. The number of benzene rings is 1. The standard InChI is InChI=1S/C22H27N5O3S2/c1-3-26(16-10-11-32(29,30)13-16)21(28)14(2)31-22-25-24-20(27(22)15-8-9-15)18-12-23-19-7-5-4-6-17(18)19/h4-7,12,14-16,23H,3,8-11,13H2,1-2H3/t14-,16+/m0/s1. The van der Waals surface area contributed by atoms with E-state index in [4.69, 9.17) is 0 Å². The maximum Gasteiger partial charge on any atom is 0.236 e. The van der Waals surface area contributed by atoms with Crippen molar-refractivity contribution in [3.63, 3.8) is 0 Å². The fourth-order valence-electron chi connectivity index (χ4n) is 4.52. The Morgan fingerprint density at radius 1 is 1.28 bits per heavy atom. The van der Waals surface area contributed by atoms with E-state index in [2.05, 4.69) is 25.8 Å². The fraction of sp³-hybridized carbons (Fsp3) is 0.500. The molecule has 2 aromatic heterocycles. The Bertz CT molecular complexity index is 1260. The van der Waals surface area contributed by atoms with Crippen LogP contribution in [0.1, 0.15) is 39.2 Å². The number of carbonyl (C=O) groups excluding carboxylic acids is 1. The smallest absolute Gasteiger partial charge is 0.236 e. The summed E-state index contributed by atoms with van der Waals surface area (Å²) in [5, 5.41) is 10.4. The molecule has 0 radical (unpaired) electrons. The average Bonchev–Trinajstić information content (AvgIpc) is 3.22. The van der Waals surface area contributed by atoms with Crippen molar-refractivity contribution in [1.29, 1.82) is 0 Å². The SMILES string of the molecule is CCN(C(=O)[C@H](C)Sc1nnc(-c2c[nH]c3ccccc23)n1C1CC1)[C@@H]1CCS(=O)(=O)C1. The first-order valence-electron chi connectivity index (χ1n) is 11.1. The zero-order chi connectivity index (χ0) is 22.5. The van der Waals surface area contributed by atoms with E-state index in [1.54, 1.807) is 4.90 Å². The average molecular weight is 474 g/mol. The fourth-order valence-corrected chi connectivity index (χ4v) is 7.24. The molecule has 10 heteroatoms. The van der Waals surface area contributed by atoms with E-state index in [-0.39, 0.29) is 28.7 Å². The number of thioether (sulfide) groups is 1. The molecule has 1 aliphatic heterocycles. The molecule has 0 unspecified atom stereocenters. The minimum Gasteiger partial charge on any atom is -0.360 e. The van der Waals surface area contributed by atoms with Gasteiger partial charge >= 0.3 is 0 Å². The predicted octanol–water partition coefficient (Wildman–Crippen LogP) is 3.28. The van der Waals surface area contributed by atoms with Crippen LogP contribution in [0.3, 0.4) is 0 Å². The van der Waals surface area contributed by atoms with Crippen LogP contribution >= 0.6 is 11.8 Å². The van der Waals surface area contributed by atoms with E-state index in [1.807, 2.05) is 38.2 Å². The molecule has 1 N–H and O–H groups in total. The number of hydrogen-bond donors (Lipinski definition) is 1. The van der Waals surface area contributed by atoms with E-state index in [1.165, 1.54) is 11.8 Å². The summed E-state index contributed by atoms with van der Waals surface area (Å²) in [6.07, 6.45) is 4.63. The van der Waals surface area contributed by atoms with Crippen molar-refractivity contribution in [1.82, 2.24) is 24.6 Å². The number of aromatic nitrogens is 4. The number of sulfone groups is 1. The van der Waals surface area contributed by atoms with Crippen LogP contribution in [-0.4, -0.2) is 68.3 Å². The third-order valence-corrected chi connectivity index (χ3v) is 9.10. The number of carbonyl (C=O) groups is 1. The molecule has 1 aromatic carbocycles. The molecular weight excluding hydrogens is 446 g/mol. The first kappa shape index (κ1) is 21.5. The summed E-state index contributed by atoms with van der Waals surface area (Å²) in [5.41, 5.74) is 2.06. The Labute approximate surface area is 191 Å². The summed E-state index contributed by atoms with van der Waals surface area (Å²) in [5.74, 6) is 1.000. The molecule has 8 nitrogen and oxygen atoms in total. The molecule has 0 bridgehead atoms. The van der Waals surface area contributed by atoms with Gasteiger partial charge in [-0.25, -0.2) is 8.42 Å². The van der Waals surface area contributed by atoms with Crippen LogP contribution in [0.4, 0.5) is 0 Å². The summed E-state index contributed by atoms with van der Waals surface area (Å²) >= 11 is 1.41. The number of aromatic amines is 1. The molecule has 1 aliphatic carbocycles. The normalized spacial score (nSPS) is 21.1. The van der Waals surface area contributed by atoms with Gasteiger partial charge in [0.1, 0.15) is 0 Å². The van der Waals surface area contributed by atoms with Crippen molar-refractivity contribution in [3.8, 4) is 11.4 Å². The molecule has 170 valence electrons. The van der Waals surface area contributed by atoms with Crippen LogP contribution in [0.25, 0.3) is 22.3 Å². The topological polar surface area (TPSA) is 101 Å². The Balaban J connectivity index is 1.40. The second-order valence-electron chi connectivity index (χ2n) is 8.60. The molecule has 1 saturated heterocycles. The lowest BCUT2D eigenvalue weighted by Gasteiger charge is -2.29. The van der Waals surface area contributed by atoms with E-state index in [9.17, 15) is 13.2 Å². The number of nitrogens with zero attached hydrogens (tertiary/aromatic N) is 4. The van der Waals surface area contributed by atoms with Crippen molar-refractivity contribution < 1.29 is 13.2 Å². The maximum atomic E-state index is 13.2. The third-order valence-electron chi connectivity index (χ3n) is 6.31. The van der Waals surface area contributed by atoms with Gasteiger partial charge in [-0.3, -0.25) is 9.36 Å². The van der Waals surface area contributed by atoms with Gasteiger partial charge in [-0.05, 0) is 39.2 Å².